The van der Waals surface area contributed by atoms with Gasteiger partial charge < -0.3 is 19.9 Å². The van der Waals surface area contributed by atoms with Gasteiger partial charge in [-0.1, -0.05) is 11.6 Å². The topological polar surface area (TPSA) is 84.9 Å². The molecule has 26 heavy (non-hydrogen) atoms. The molecule has 0 saturated carbocycles. The van der Waals surface area contributed by atoms with Crippen LogP contribution < -0.4 is 14.8 Å². The summed E-state index contributed by atoms with van der Waals surface area (Å²) in [6.07, 6.45) is 0. The first-order valence-electron chi connectivity index (χ1n) is 8.01. The number of carbonyl (C=O) groups is 2. The van der Waals surface area contributed by atoms with Gasteiger partial charge in [0.05, 0.1) is 12.3 Å². The van der Waals surface area contributed by atoms with Gasteiger partial charge in [-0.2, -0.15) is 0 Å². The van der Waals surface area contributed by atoms with Crippen molar-refractivity contribution in [1.29, 1.82) is 0 Å². The number of amides is 1. The van der Waals surface area contributed by atoms with Crippen molar-refractivity contribution >= 4 is 29.2 Å². The highest BCUT2D eigenvalue weighted by molar-refractivity contribution is 6.30. The molecule has 2 aromatic carbocycles. The lowest BCUT2D eigenvalue weighted by Crippen LogP contribution is -2.15. The molecule has 6 nitrogen and oxygen atoms in total. The lowest BCUT2D eigenvalue weighted by atomic mass is 10.0. The van der Waals surface area contributed by atoms with Gasteiger partial charge in [0.25, 0.3) is 5.91 Å². The van der Waals surface area contributed by atoms with E-state index in [1.807, 2.05) is 6.92 Å². The van der Waals surface area contributed by atoms with Crippen molar-refractivity contribution in [1.82, 2.24) is 0 Å². The molecule has 2 rings (SSSR count). The van der Waals surface area contributed by atoms with Crippen LogP contribution >= 0.6 is 11.6 Å². The molecule has 0 aromatic heterocycles. The molecule has 0 atom stereocenters. The fourth-order valence-corrected chi connectivity index (χ4v) is 2.67. The van der Waals surface area contributed by atoms with Crippen molar-refractivity contribution in [3.63, 3.8) is 0 Å². The number of benzene rings is 2. The first-order chi connectivity index (χ1) is 12.3. The van der Waals surface area contributed by atoms with Crippen LogP contribution in [-0.4, -0.2) is 30.2 Å². The number of nitrogens with one attached hydrogen (secondary N) is 1. The van der Waals surface area contributed by atoms with Gasteiger partial charge in [-0.3, -0.25) is 4.79 Å². The predicted octanol–water partition coefficient (Wildman–Crippen LogP) is 4.07. The Hall–Kier alpha value is -2.73. The second-order valence-electron chi connectivity index (χ2n) is 5.65. The molecular weight excluding hydrogens is 358 g/mol. The Morgan fingerprint density at radius 2 is 1.77 bits per heavy atom. The van der Waals surface area contributed by atoms with Crippen molar-refractivity contribution in [2.75, 3.05) is 18.5 Å². The van der Waals surface area contributed by atoms with Gasteiger partial charge in [-0.15, -0.1) is 0 Å². The van der Waals surface area contributed by atoms with Crippen LogP contribution in [0.5, 0.6) is 11.5 Å². The highest BCUT2D eigenvalue weighted by Gasteiger charge is 2.15. The minimum absolute atomic E-state index is 0.315. The molecule has 2 N–H and O–H groups in total. The first kappa shape index (κ1) is 19.6. The number of ether oxygens (including phenoxy) is 2. The van der Waals surface area contributed by atoms with E-state index in [1.165, 1.54) is 0 Å². The van der Waals surface area contributed by atoms with Crippen LogP contribution in [0.4, 0.5) is 5.69 Å². The first-order valence-corrected chi connectivity index (χ1v) is 8.39. The summed E-state index contributed by atoms with van der Waals surface area (Å²) in [7, 11) is 0. The van der Waals surface area contributed by atoms with E-state index in [2.05, 4.69) is 5.32 Å². The molecule has 0 spiro atoms. The van der Waals surface area contributed by atoms with Gasteiger partial charge >= 0.3 is 5.97 Å². The van der Waals surface area contributed by atoms with Gasteiger partial charge in [-0.05, 0) is 56.2 Å². The van der Waals surface area contributed by atoms with Crippen molar-refractivity contribution in [2.45, 2.75) is 20.8 Å². The van der Waals surface area contributed by atoms with Crippen LogP contribution in [0, 0.1) is 13.8 Å². The third-order valence-corrected chi connectivity index (χ3v) is 3.79. The molecule has 7 heteroatoms. The van der Waals surface area contributed by atoms with Crippen LogP contribution in [0.15, 0.2) is 30.3 Å². The van der Waals surface area contributed by atoms with E-state index in [4.69, 9.17) is 26.2 Å². The third kappa shape index (κ3) is 4.89. The molecular formula is C19H20ClNO5. The summed E-state index contributed by atoms with van der Waals surface area (Å²) in [4.78, 5) is 23.3. The number of carbonyl (C=O) groups excluding carboxylic acids is 1. The van der Waals surface area contributed by atoms with Gasteiger partial charge in [0.2, 0.25) is 0 Å². The molecule has 0 saturated heterocycles. The van der Waals surface area contributed by atoms with Crippen LogP contribution in [-0.2, 0) is 4.79 Å². The maximum atomic E-state index is 12.6. The van der Waals surface area contributed by atoms with Gasteiger partial charge in [-0.25, -0.2) is 4.79 Å². The summed E-state index contributed by atoms with van der Waals surface area (Å²) in [6.45, 7) is 5.37. The van der Waals surface area contributed by atoms with Crippen LogP contribution in [0.3, 0.4) is 0 Å². The maximum absolute atomic E-state index is 12.6. The Labute approximate surface area is 156 Å². The van der Waals surface area contributed by atoms with E-state index in [9.17, 15) is 9.59 Å². The van der Waals surface area contributed by atoms with Crippen molar-refractivity contribution in [3.8, 4) is 11.5 Å². The van der Waals surface area contributed by atoms with E-state index in [0.29, 0.717) is 45.5 Å². The zero-order valence-corrected chi connectivity index (χ0v) is 15.5. The second kappa shape index (κ2) is 8.58. The van der Waals surface area contributed by atoms with E-state index in [1.54, 1.807) is 44.2 Å². The number of anilines is 1. The molecule has 0 radical (unpaired) electrons. The third-order valence-electron chi connectivity index (χ3n) is 3.55. The predicted molar refractivity (Wildman–Crippen MR) is 99.6 cm³/mol. The molecule has 0 aliphatic heterocycles. The van der Waals surface area contributed by atoms with E-state index >= 15 is 0 Å². The van der Waals surface area contributed by atoms with E-state index in [-0.39, 0.29) is 5.91 Å². The van der Waals surface area contributed by atoms with Crippen molar-refractivity contribution < 1.29 is 24.2 Å². The minimum Gasteiger partial charge on any atom is -0.492 e. The number of hydrogen-bond acceptors (Lipinski definition) is 4. The number of hydrogen-bond donors (Lipinski definition) is 2. The Kier molecular flexibility index (Phi) is 6.46. The number of aliphatic carboxylic acids is 1. The SMILES string of the molecule is CCOc1cc(Cl)ccc1NC(=O)c1cc(C)c(OCC(=O)O)c(C)c1. The number of carboxylic acids is 1. The highest BCUT2D eigenvalue weighted by atomic mass is 35.5. The summed E-state index contributed by atoms with van der Waals surface area (Å²) in [6, 6.07) is 8.28. The summed E-state index contributed by atoms with van der Waals surface area (Å²) in [5.41, 5.74) is 2.30. The van der Waals surface area contributed by atoms with Crippen molar-refractivity contribution in [3.05, 3.63) is 52.0 Å². The van der Waals surface area contributed by atoms with Crippen LogP contribution in [0.1, 0.15) is 28.4 Å². The molecule has 0 aliphatic carbocycles. The number of rotatable bonds is 7. The lowest BCUT2D eigenvalue weighted by Gasteiger charge is -2.14. The highest BCUT2D eigenvalue weighted by Crippen LogP contribution is 2.30. The van der Waals surface area contributed by atoms with Gasteiger partial charge in [0.15, 0.2) is 6.61 Å². The van der Waals surface area contributed by atoms with E-state index < -0.39 is 12.6 Å². The Balaban J connectivity index is 2.24. The fraction of sp³-hybridized carbons (Fsp3) is 0.263. The second-order valence-corrected chi connectivity index (χ2v) is 6.09. The molecule has 0 aliphatic rings. The Bertz CT molecular complexity index is 812. The fourth-order valence-electron chi connectivity index (χ4n) is 2.51. The quantitative estimate of drug-likeness (QED) is 0.759. The summed E-state index contributed by atoms with van der Waals surface area (Å²) < 4.78 is 10.8. The maximum Gasteiger partial charge on any atom is 0.341 e. The summed E-state index contributed by atoms with van der Waals surface area (Å²) in [5, 5.41) is 12.1. The van der Waals surface area contributed by atoms with Gasteiger partial charge in [0, 0.05) is 16.7 Å². The molecule has 0 bridgehead atoms. The average molecular weight is 378 g/mol. The zero-order valence-electron chi connectivity index (χ0n) is 14.8. The minimum atomic E-state index is -1.06. The normalized spacial score (nSPS) is 10.3. The zero-order chi connectivity index (χ0) is 19.3. The number of carboxylic acid groups (broad SMARTS) is 1. The summed E-state index contributed by atoms with van der Waals surface area (Å²) in [5.74, 6) is -0.422. The van der Waals surface area contributed by atoms with Crippen molar-refractivity contribution in [2.24, 2.45) is 0 Å². The smallest absolute Gasteiger partial charge is 0.341 e. The molecule has 0 fully saturated rings. The molecule has 1 amide bonds. The van der Waals surface area contributed by atoms with Crippen LogP contribution in [0.25, 0.3) is 0 Å². The largest absolute Gasteiger partial charge is 0.492 e. The Morgan fingerprint density at radius 3 is 2.35 bits per heavy atom. The van der Waals surface area contributed by atoms with E-state index in [0.717, 1.165) is 0 Å². The molecule has 0 unspecified atom stereocenters. The monoisotopic (exact) mass is 377 g/mol. The number of aryl methyl sites for hydroxylation is 2. The molecule has 2 aromatic rings. The standard InChI is InChI=1S/C19H20ClNO5/c1-4-25-16-9-14(20)5-6-15(16)21-19(24)13-7-11(2)18(12(3)8-13)26-10-17(22)23/h5-9H,4,10H2,1-3H3,(H,21,24)(H,22,23). The Morgan fingerprint density at radius 1 is 1.12 bits per heavy atom. The molecule has 0 heterocycles. The van der Waals surface area contributed by atoms with Crippen LogP contribution in [0.2, 0.25) is 5.02 Å². The number of halogens is 1. The lowest BCUT2D eigenvalue weighted by molar-refractivity contribution is -0.139. The summed E-state index contributed by atoms with van der Waals surface area (Å²) >= 11 is 5.97. The average Bonchev–Trinajstić information content (AvgIpc) is 2.56. The van der Waals surface area contributed by atoms with Gasteiger partial charge in [0.1, 0.15) is 11.5 Å². The molecule has 138 valence electrons.